The van der Waals surface area contributed by atoms with Crippen LogP contribution in [0.15, 0.2) is 46.9 Å². The van der Waals surface area contributed by atoms with Crippen molar-refractivity contribution in [3.63, 3.8) is 0 Å². The Kier molecular flexibility index (Phi) is 8.50. The van der Waals surface area contributed by atoms with E-state index in [-0.39, 0.29) is 12.5 Å². The maximum Gasteiger partial charge on any atom is 0.244 e. The zero-order chi connectivity index (χ0) is 23.3. The molecular weight excluding hydrogens is 506 g/mol. The van der Waals surface area contributed by atoms with Crippen LogP contribution in [0.25, 0.3) is 0 Å². The Bertz CT molecular complexity index is 1060. The lowest BCUT2D eigenvalue weighted by atomic mass is 10.1. The molecule has 2 amide bonds. The second-order valence-corrected chi connectivity index (χ2v) is 10.4. The summed E-state index contributed by atoms with van der Waals surface area (Å²) in [5, 5.41) is 3.00. The monoisotopic (exact) mass is 529 g/mol. The number of hydrogen-bond acceptors (Lipinski definition) is 4. The van der Waals surface area contributed by atoms with Crippen LogP contribution >= 0.6 is 27.5 Å². The van der Waals surface area contributed by atoms with Crippen molar-refractivity contribution in [1.29, 1.82) is 0 Å². The maximum atomic E-state index is 13.3. The van der Waals surface area contributed by atoms with Crippen molar-refractivity contribution in [3.8, 4) is 0 Å². The summed E-state index contributed by atoms with van der Waals surface area (Å²) < 4.78 is 27.0. The predicted octanol–water partition coefficient (Wildman–Crippen LogP) is 3.34. The molecule has 0 fully saturated rings. The smallest absolute Gasteiger partial charge is 0.244 e. The second kappa shape index (κ2) is 10.5. The Morgan fingerprint density at radius 3 is 2.29 bits per heavy atom. The van der Waals surface area contributed by atoms with Gasteiger partial charge in [0.25, 0.3) is 0 Å². The molecule has 0 spiro atoms. The van der Waals surface area contributed by atoms with Gasteiger partial charge in [-0.15, -0.1) is 0 Å². The number of nitrogens with one attached hydrogen (secondary N) is 1. The van der Waals surface area contributed by atoms with Gasteiger partial charge in [-0.05, 0) is 55.3 Å². The maximum absolute atomic E-state index is 13.3. The minimum Gasteiger partial charge on any atom is -0.357 e. The van der Waals surface area contributed by atoms with Crippen molar-refractivity contribution in [2.24, 2.45) is 0 Å². The molecule has 1 atom stereocenters. The number of aryl methyl sites for hydroxylation is 1. The van der Waals surface area contributed by atoms with Gasteiger partial charge in [-0.25, -0.2) is 8.42 Å². The van der Waals surface area contributed by atoms with Gasteiger partial charge in [-0.3, -0.25) is 13.9 Å². The number of amides is 2. The second-order valence-electron chi connectivity index (χ2n) is 7.14. The lowest BCUT2D eigenvalue weighted by molar-refractivity contribution is -0.139. The topological polar surface area (TPSA) is 86.8 Å². The molecule has 2 aromatic rings. The standard InChI is InChI=1S/C21H25BrClN3O4S/c1-14-11-18(23)9-10-19(14)26(31(4,29)30)13-20(27)25(15(2)21(28)24-3)12-16-5-7-17(22)8-6-16/h5-11,15H,12-13H2,1-4H3,(H,24,28). The molecule has 0 saturated heterocycles. The van der Waals surface area contributed by atoms with Crippen LogP contribution < -0.4 is 9.62 Å². The number of halogens is 2. The van der Waals surface area contributed by atoms with Crippen LogP contribution in [-0.2, 0) is 26.2 Å². The van der Waals surface area contributed by atoms with Gasteiger partial charge >= 0.3 is 0 Å². The van der Waals surface area contributed by atoms with Gasteiger partial charge in [0, 0.05) is 23.1 Å². The first-order valence-electron chi connectivity index (χ1n) is 9.43. The summed E-state index contributed by atoms with van der Waals surface area (Å²) in [6, 6.07) is 11.3. The molecule has 1 unspecified atom stereocenters. The molecule has 2 rings (SSSR count). The number of hydrogen-bond donors (Lipinski definition) is 1. The first kappa shape index (κ1) is 25.2. The minimum absolute atomic E-state index is 0.151. The van der Waals surface area contributed by atoms with E-state index in [1.54, 1.807) is 32.0 Å². The van der Waals surface area contributed by atoms with Crippen molar-refractivity contribution in [3.05, 3.63) is 63.1 Å². The molecule has 0 aliphatic rings. The quantitative estimate of drug-likeness (QED) is 0.567. The predicted molar refractivity (Wildman–Crippen MR) is 127 cm³/mol. The van der Waals surface area contributed by atoms with Crippen molar-refractivity contribution < 1.29 is 18.0 Å². The SMILES string of the molecule is CNC(=O)C(C)N(Cc1ccc(Br)cc1)C(=O)CN(c1ccc(Cl)cc1C)S(C)(=O)=O. The molecule has 0 bridgehead atoms. The van der Waals surface area contributed by atoms with E-state index in [0.29, 0.717) is 16.3 Å². The fraction of sp³-hybridized carbons (Fsp3) is 0.333. The van der Waals surface area contributed by atoms with Gasteiger partial charge in [-0.1, -0.05) is 39.7 Å². The molecule has 2 aromatic carbocycles. The number of carbonyl (C=O) groups is 2. The van der Waals surface area contributed by atoms with Crippen LogP contribution in [-0.4, -0.2) is 51.0 Å². The summed E-state index contributed by atoms with van der Waals surface area (Å²) >= 11 is 9.36. The summed E-state index contributed by atoms with van der Waals surface area (Å²) in [5.74, 6) is -0.849. The Morgan fingerprint density at radius 2 is 1.77 bits per heavy atom. The van der Waals surface area contributed by atoms with Crippen LogP contribution in [0.3, 0.4) is 0 Å². The summed E-state index contributed by atoms with van der Waals surface area (Å²) in [5.41, 5.74) is 1.78. The Labute approximate surface area is 196 Å². The van der Waals surface area contributed by atoms with Crippen LogP contribution in [0.5, 0.6) is 0 Å². The van der Waals surface area contributed by atoms with E-state index in [0.717, 1.165) is 20.6 Å². The van der Waals surface area contributed by atoms with E-state index in [4.69, 9.17) is 11.6 Å². The van der Waals surface area contributed by atoms with Crippen LogP contribution in [0.2, 0.25) is 5.02 Å². The number of sulfonamides is 1. The molecule has 0 heterocycles. The third kappa shape index (κ3) is 6.69. The summed E-state index contributed by atoms with van der Waals surface area (Å²) in [7, 11) is -2.29. The molecule has 168 valence electrons. The van der Waals surface area contributed by atoms with Crippen molar-refractivity contribution >= 4 is 55.1 Å². The highest BCUT2D eigenvalue weighted by molar-refractivity contribution is 9.10. The molecule has 0 radical (unpaired) electrons. The van der Waals surface area contributed by atoms with Gasteiger partial charge in [0.05, 0.1) is 11.9 Å². The molecule has 31 heavy (non-hydrogen) atoms. The highest BCUT2D eigenvalue weighted by atomic mass is 79.9. The third-order valence-corrected chi connectivity index (χ3v) is 6.68. The van der Waals surface area contributed by atoms with Crippen molar-refractivity contribution in [2.75, 3.05) is 24.2 Å². The van der Waals surface area contributed by atoms with E-state index in [2.05, 4.69) is 21.2 Å². The number of benzene rings is 2. The van der Waals surface area contributed by atoms with Crippen molar-refractivity contribution in [1.82, 2.24) is 10.2 Å². The largest absolute Gasteiger partial charge is 0.357 e. The molecule has 0 aromatic heterocycles. The van der Waals surface area contributed by atoms with Gasteiger partial charge in [-0.2, -0.15) is 0 Å². The zero-order valence-electron chi connectivity index (χ0n) is 17.7. The molecule has 0 aliphatic carbocycles. The average Bonchev–Trinajstić information content (AvgIpc) is 2.70. The summed E-state index contributed by atoms with van der Waals surface area (Å²) in [6.07, 6.45) is 1.04. The Hall–Kier alpha value is -2.10. The van der Waals surface area contributed by atoms with Gasteiger partial charge in [0.15, 0.2) is 0 Å². The normalized spacial score (nSPS) is 12.2. The molecule has 7 nitrogen and oxygen atoms in total. The van der Waals surface area contributed by atoms with Gasteiger partial charge in [0.2, 0.25) is 21.8 Å². The number of likely N-dealkylation sites (N-methyl/N-ethyl adjacent to an activating group) is 1. The number of carbonyl (C=O) groups excluding carboxylic acids is 2. The molecule has 1 N–H and O–H groups in total. The lowest BCUT2D eigenvalue weighted by Gasteiger charge is -2.31. The molecule has 0 saturated carbocycles. The average molecular weight is 531 g/mol. The molecule has 0 aliphatic heterocycles. The highest BCUT2D eigenvalue weighted by Gasteiger charge is 2.30. The summed E-state index contributed by atoms with van der Waals surface area (Å²) in [4.78, 5) is 26.9. The number of rotatable bonds is 8. The first-order valence-corrected chi connectivity index (χ1v) is 12.5. The van der Waals surface area contributed by atoms with Gasteiger partial charge in [0.1, 0.15) is 12.6 Å². The van der Waals surface area contributed by atoms with E-state index in [1.165, 1.54) is 11.9 Å². The fourth-order valence-corrected chi connectivity index (χ4v) is 4.47. The van der Waals surface area contributed by atoms with Crippen LogP contribution in [0, 0.1) is 6.92 Å². The van der Waals surface area contributed by atoms with E-state index in [1.807, 2.05) is 24.3 Å². The van der Waals surface area contributed by atoms with Crippen molar-refractivity contribution in [2.45, 2.75) is 26.4 Å². The lowest BCUT2D eigenvalue weighted by Crippen LogP contribution is -2.50. The van der Waals surface area contributed by atoms with Crippen LogP contribution in [0.1, 0.15) is 18.1 Å². The molecular formula is C21H25BrClN3O4S. The number of nitrogens with zero attached hydrogens (tertiary/aromatic N) is 2. The van der Waals surface area contributed by atoms with E-state index in [9.17, 15) is 18.0 Å². The zero-order valence-corrected chi connectivity index (χ0v) is 20.9. The third-order valence-electron chi connectivity index (χ3n) is 4.79. The Morgan fingerprint density at radius 1 is 1.16 bits per heavy atom. The van der Waals surface area contributed by atoms with E-state index < -0.39 is 28.5 Å². The summed E-state index contributed by atoms with van der Waals surface area (Å²) in [6.45, 7) is 3.03. The highest BCUT2D eigenvalue weighted by Crippen LogP contribution is 2.26. The minimum atomic E-state index is -3.78. The fourth-order valence-electron chi connectivity index (χ4n) is 3.07. The first-order chi connectivity index (χ1) is 14.4. The van der Waals surface area contributed by atoms with E-state index >= 15 is 0 Å². The Balaban J connectivity index is 2.40. The molecule has 10 heteroatoms. The van der Waals surface area contributed by atoms with Crippen LogP contribution in [0.4, 0.5) is 5.69 Å². The number of anilines is 1. The van der Waals surface area contributed by atoms with Gasteiger partial charge < -0.3 is 10.2 Å².